The maximum atomic E-state index is 2.27. The molecule has 0 spiro atoms. The monoisotopic (exact) mass is 116 g/mol. The summed E-state index contributed by atoms with van der Waals surface area (Å²) < 4.78 is 0. The summed E-state index contributed by atoms with van der Waals surface area (Å²) in [6.45, 7) is 2.27. The Labute approximate surface area is 56.2 Å². The van der Waals surface area contributed by atoms with E-state index in [2.05, 4.69) is 31.1 Å². The molecule has 9 heavy (non-hydrogen) atoms. The van der Waals surface area contributed by atoms with Gasteiger partial charge in [0.15, 0.2) is 0 Å². The fourth-order valence-corrected chi connectivity index (χ4v) is 1.49. The van der Waals surface area contributed by atoms with Crippen LogP contribution in [0.5, 0.6) is 0 Å². The molecule has 0 saturated heterocycles. The van der Waals surface area contributed by atoms with Crippen LogP contribution in [-0.4, -0.2) is 12.9 Å². The predicted octanol–water partition coefficient (Wildman–Crippen LogP) is 1.43. The fraction of sp³-hybridized carbons (Fsp3) is 0.375. The van der Waals surface area contributed by atoms with Crippen molar-refractivity contribution < 1.29 is 0 Å². The molecule has 1 atom stereocenters. The van der Waals surface area contributed by atoms with Crippen LogP contribution in [0, 0.1) is 5.92 Å². The molecule has 0 radical (unpaired) electrons. The summed E-state index contributed by atoms with van der Waals surface area (Å²) in [6.07, 6.45) is 9.13. The standard InChI is InChI=1S/C8H9B/c1-2-4-8-6-9-5-7(8)3-1/h1-3,5,8H,4,6H2. The predicted molar refractivity (Wildman–Crippen MR) is 42.0 cm³/mol. The Morgan fingerprint density at radius 3 is 3.44 bits per heavy atom. The van der Waals surface area contributed by atoms with Crippen molar-refractivity contribution >= 4 is 12.9 Å². The van der Waals surface area contributed by atoms with Crippen LogP contribution in [-0.2, 0) is 0 Å². The van der Waals surface area contributed by atoms with Crippen LogP contribution in [0.3, 0.4) is 0 Å². The number of hydrogen-bond donors (Lipinski definition) is 0. The normalized spacial score (nSPS) is 29.3. The molecule has 0 saturated carbocycles. The fourth-order valence-electron chi connectivity index (χ4n) is 1.49. The van der Waals surface area contributed by atoms with E-state index in [0.29, 0.717) is 0 Å². The quantitative estimate of drug-likeness (QED) is 0.420. The van der Waals surface area contributed by atoms with Crippen molar-refractivity contribution in [1.82, 2.24) is 0 Å². The van der Waals surface area contributed by atoms with Crippen LogP contribution in [0.2, 0.25) is 6.32 Å². The first-order chi connectivity index (χ1) is 4.47. The van der Waals surface area contributed by atoms with Crippen molar-refractivity contribution in [2.75, 3.05) is 0 Å². The second kappa shape index (κ2) is 1.98. The van der Waals surface area contributed by atoms with Crippen molar-refractivity contribution in [3.05, 3.63) is 23.8 Å². The van der Waals surface area contributed by atoms with E-state index in [1.807, 2.05) is 0 Å². The van der Waals surface area contributed by atoms with Gasteiger partial charge in [0.25, 0.3) is 0 Å². The van der Waals surface area contributed by atoms with Crippen LogP contribution in [0.25, 0.3) is 0 Å². The maximum absolute atomic E-state index is 2.27. The van der Waals surface area contributed by atoms with Gasteiger partial charge in [0.1, 0.15) is 0 Å². The molecule has 1 aliphatic carbocycles. The summed E-state index contributed by atoms with van der Waals surface area (Å²) in [7, 11) is 0. The first kappa shape index (κ1) is 5.22. The summed E-state index contributed by atoms with van der Waals surface area (Å²) >= 11 is 0. The second-order valence-electron chi connectivity index (χ2n) is 2.67. The van der Waals surface area contributed by atoms with Crippen LogP contribution in [0.1, 0.15) is 6.42 Å². The van der Waals surface area contributed by atoms with Gasteiger partial charge in [0.05, 0.1) is 0 Å². The van der Waals surface area contributed by atoms with E-state index in [1.165, 1.54) is 18.3 Å². The minimum absolute atomic E-state index is 0.829. The summed E-state index contributed by atoms with van der Waals surface area (Å²) in [4.78, 5) is 0. The molecule has 1 heterocycles. The first-order valence-electron chi connectivity index (χ1n) is 3.50. The molecule has 1 heteroatoms. The van der Waals surface area contributed by atoms with Gasteiger partial charge in [0.2, 0.25) is 0 Å². The van der Waals surface area contributed by atoms with Gasteiger partial charge in [-0.25, -0.2) is 0 Å². The van der Waals surface area contributed by atoms with E-state index >= 15 is 0 Å². The molecule has 0 fully saturated rings. The Hall–Kier alpha value is -0.585. The van der Waals surface area contributed by atoms with Gasteiger partial charge in [-0.1, -0.05) is 0 Å². The number of allylic oxidation sites excluding steroid dienone is 4. The third kappa shape index (κ3) is 0.807. The van der Waals surface area contributed by atoms with E-state index in [1.54, 1.807) is 0 Å². The molecule has 0 aromatic rings. The Morgan fingerprint density at radius 1 is 1.56 bits per heavy atom. The van der Waals surface area contributed by atoms with Gasteiger partial charge in [-0.05, 0) is 0 Å². The molecule has 2 aliphatic rings. The molecule has 1 aliphatic heterocycles. The molecular formula is C8H9B. The number of hydrogen-bond acceptors (Lipinski definition) is 0. The zero-order valence-electron chi connectivity index (χ0n) is 5.38. The van der Waals surface area contributed by atoms with Crippen LogP contribution >= 0.6 is 0 Å². The molecule has 1 unspecified atom stereocenters. The molecule has 2 rings (SSSR count). The van der Waals surface area contributed by atoms with Gasteiger partial charge < -0.3 is 0 Å². The van der Waals surface area contributed by atoms with Crippen molar-refractivity contribution in [1.29, 1.82) is 0 Å². The summed E-state index contributed by atoms with van der Waals surface area (Å²) in [5.74, 6) is 3.07. The van der Waals surface area contributed by atoms with Gasteiger partial charge in [0, 0.05) is 0 Å². The van der Waals surface area contributed by atoms with Crippen LogP contribution in [0.4, 0.5) is 0 Å². The average Bonchev–Trinajstić information content (AvgIpc) is 2.33. The van der Waals surface area contributed by atoms with Crippen molar-refractivity contribution in [2.24, 2.45) is 5.92 Å². The van der Waals surface area contributed by atoms with E-state index < -0.39 is 0 Å². The minimum atomic E-state index is 0.829. The van der Waals surface area contributed by atoms with E-state index in [0.717, 1.165) is 5.92 Å². The van der Waals surface area contributed by atoms with E-state index in [-0.39, 0.29) is 0 Å². The summed E-state index contributed by atoms with van der Waals surface area (Å²) in [5.41, 5.74) is 1.53. The first-order valence-corrected chi connectivity index (χ1v) is 3.50. The molecule has 0 aromatic heterocycles. The number of rotatable bonds is 0. The van der Waals surface area contributed by atoms with E-state index in [4.69, 9.17) is 0 Å². The molecule has 44 valence electrons. The van der Waals surface area contributed by atoms with Crippen molar-refractivity contribution in [3.63, 3.8) is 0 Å². The Morgan fingerprint density at radius 2 is 2.56 bits per heavy atom. The van der Waals surface area contributed by atoms with Gasteiger partial charge in [-0.2, -0.15) is 0 Å². The van der Waals surface area contributed by atoms with Crippen molar-refractivity contribution in [3.8, 4) is 0 Å². The Balaban J connectivity index is 2.31. The van der Waals surface area contributed by atoms with E-state index in [9.17, 15) is 0 Å². The summed E-state index contributed by atoms with van der Waals surface area (Å²) in [6, 6.07) is 0. The Kier molecular flexibility index (Phi) is 1.15. The third-order valence-corrected chi connectivity index (χ3v) is 2.05. The topological polar surface area (TPSA) is 0 Å². The third-order valence-electron chi connectivity index (χ3n) is 2.05. The Bertz CT molecular complexity index is 199. The molecule has 0 aromatic carbocycles. The molecular weight excluding hydrogens is 107 g/mol. The molecule has 0 bridgehead atoms. The van der Waals surface area contributed by atoms with Crippen LogP contribution < -0.4 is 0 Å². The SMILES string of the molecule is B1=CC2=CC=CCC2C1. The summed E-state index contributed by atoms with van der Waals surface area (Å²) in [5, 5.41) is 0. The number of fused-ring (bicyclic) bond motifs is 1. The molecule has 0 nitrogen and oxygen atoms in total. The zero-order chi connectivity index (χ0) is 6.10. The molecule has 0 amide bonds. The van der Waals surface area contributed by atoms with Gasteiger partial charge in [-0.3, -0.25) is 0 Å². The molecule has 0 N–H and O–H groups in total. The van der Waals surface area contributed by atoms with Crippen LogP contribution in [0.15, 0.2) is 23.8 Å². The van der Waals surface area contributed by atoms with Gasteiger partial charge >= 0.3 is 55.3 Å². The average molecular weight is 116 g/mol. The van der Waals surface area contributed by atoms with Gasteiger partial charge in [-0.15, -0.1) is 0 Å². The zero-order valence-corrected chi connectivity index (χ0v) is 5.38. The second-order valence-corrected chi connectivity index (χ2v) is 2.67. The van der Waals surface area contributed by atoms with Crippen molar-refractivity contribution in [2.45, 2.75) is 12.7 Å².